The molecule has 0 aliphatic rings. The quantitative estimate of drug-likeness (QED) is 0.129. The van der Waals surface area contributed by atoms with E-state index in [1.165, 1.54) is 26.4 Å². The van der Waals surface area contributed by atoms with Crippen LogP contribution in [0.3, 0.4) is 0 Å². The fourth-order valence-electron chi connectivity index (χ4n) is 3.04. The van der Waals surface area contributed by atoms with Gasteiger partial charge in [-0.2, -0.15) is 10.3 Å². The van der Waals surface area contributed by atoms with Crippen LogP contribution >= 0.6 is 11.8 Å². The summed E-state index contributed by atoms with van der Waals surface area (Å²) >= 11 is 1.11. The van der Waals surface area contributed by atoms with Gasteiger partial charge in [0.2, 0.25) is 0 Å². The Morgan fingerprint density at radius 1 is 1.13 bits per heavy atom. The van der Waals surface area contributed by atoms with E-state index in [0.29, 0.717) is 30.0 Å². The minimum Gasteiger partial charge on any atom is -0.497 e. The largest absolute Gasteiger partial charge is 0.497 e. The summed E-state index contributed by atoms with van der Waals surface area (Å²) in [6.45, 7) is 11.6. The van der Waals surface area contributed by atoms with Crippen molar-refractivity contribution in [3.05, 3.63) is 53.3 Å². The van der Waals surface area contributed by atoms with E-state index in [1.807, 2.05) is 6.07 Å². The van der Waals surface area contributed by atoms with Crippen LogP contribution in [0.2, 0.25) is 18.1 Å². The van der Waals surface area contributed by atoms with Gasteiger partial charge in [0.1, 0.15) is 16.5 Å². The molecule has 39 heavy (non-hydrogen) atoms. The Kier molecular flexibility index (Phi) is 11.7. The molecule has 0 aliphatic heterocycles. The van der Waals surface area contributed by atoms with Crippen LogP contribution in [-0.2, 0) is 9.16 Å². The van der Waals surface area contributed by atoms with Crippen LogP contribution in [0.25, 0.3) is 0 Å². The van der Waals surface area contributed by atoms with Crippen molar-refractivity contribution in [2.45, 2.75) is 45.3 Å². The Morgan fingerprint density at radius 2 is 1.79 bits per heavy atom. The number of rotatable bonds is 10. The number of aliphatic imine (C=N–C) groups is 2. The smallest absolute Gasteiger partial charge is 0.434 e. The standard InChI is InChI=1S/C28H36FN3O5SSi/c1-28(2,3)39(7,8)37-15-9-14-36-23-17-21(34-4)16-22(24(23)29)25(26(38-6)32-27(33)35-5)31-20-12-10-19(18-30)11-13-20/h10-13,16-17H,9,14-15H2,1-8H3. The molecule has 0 radical (unpaired) electrons. The molecule has 0 aliphatic carbocycles. The van der Waals surface area contributed by atoms with Crippen LogP contribution in [0, 0.1) is 17.1 Å². The van der Waals surface area contributed by atoms with Crippen molar-refractivity contribution >= 4 is 42.6 Å². The highest BCUT2D eigenvalue weighted by Gasteiger charge is 2.36. The van der Waals surface area contributed by atoms with Gasteiger partial charge < -0.3 is 18.6 Å². The third-order valence-electron chi connectivity index (χ3n) is 6.32. The third kappa shape index (κ3) is 8.91. The first-order valence-corrected chi connectivity index (χ1v) is 16.4. The van der Waals surface area contributed by atoms with E-state index in [0.717, 1.165) is 11.8 Å². The second kappa shape index (κ2) is 14.3. The molecule has 2 aromatic rings. The van der Waals surface area contributed by atoms with E-state index in [-0.39, 0.29) is 33.7 Å². The molecule has 0 aromatic heterocycles. The first-order chi connectivity index (χ1) is 18.4. The predicted octanol–water partition coefficient (Wildman–Crippen LogP) is 7.15. The van der Waals surface area contributed by atoms with Gasteiger partial charge in [-0.05, 0) is 54.7 Å². The molecule has 0 fully saturated rings. The summed E-state index contributed by atoms with van der Waals surface area (Å²) in [6.07, 6.45) is 1.41. The predicted molar refractivity (Wildman–Crippen MR) is 157 cm³/mol. The summed E-state index contributed by atoms with van der Waals surface area (Å²) in [7, 11) is 0.767. The van der Waals surface area contributed by atoms with Crippen molar-refractivity contribution in [2.75, 3.05) is 33.7 Å². The molecule has 2 rings (SSSR count). The minimum absolute atomic E-state index is 0.0253. The fraction of sp³-hybridized carbons (Fsp3) is 0.429. The van der Waals surface area contributed by atoms with Crippen molar-refractivity contribution in [2.24, 2.45) is 9.98 Å². The Balaban J connectivity index is 2.46. The van der Waals surface area contributed by atoms with E-state index < -0.39 is 20.2 Å². The summed E-state index contributed by atoms with van der Waals surface area (Å²) in [5, 5.41) is 9.32. The molecule has 0 N–H and O–H groups in total. The monoisotopic (exact) mass is 573 g/mol. The molecule has 0 saturated heterocycles. The topological polar surface area (TPSA) is 103 Å². The number of thioether (sulfide) groups is 1. The number of methoxy groups -OCH3 is 2. The number of hydrogen-bond acceptors (Lipinski definition) is 8. The number of benzene rings is 2. The average Bonchev–Trinajstić information content (AvgIpc) is 2.90. The summed E-state index contributed by atoms with van der Waals surface area (Å²) in [5.74, 6) is -0.368. The molecule has 0 atom stereocenters. The van der Waals surface area contributed by atoms with Gasteiger partial charge >= 0.3 is 6.09 Å². The second-order valence-corrected chi connectivity index (χ2v) is 15.6. The molecule has 2 aromatic carbocycles. The summed E-state index contributed by atoms with van der Waals surface area (Å²) < 4.78 is 38.0. The normalized spacial score (nSPS) is 12.6. The van der Waals surface area contributed by atoms with E-state index in [1.54, 1.807) is 30.5 Å². The molecule has 0 heterocycles. The average molecular weight is 574 g/mol. The highest BCUT2D eigenvalue weighted by Crippen LogP contribution is 2.36. The van der Waals surface area contributed by atoms with Crippen molar-refractivity contribution < 1.29 is 27.8 Å². The van der Waals surface area contributed by atoms with Gasteiger partial charge in [0.25, 0.3) is 0 Å². The fourth-order valence-corrected chi connectivity index (χ4v) is 4.64. The maximum absolute atomic E-state index is 15.9. The number of carbonyl (C=O) groups excluding carboxylic acids is 1. The van der Waals surface area contributed by atoms with Gasteiger partial charge in [0.05, 0.1) is 38.1 Å². The zero-order chi connectivity index (χ0) is 29.2. The zero-order valence-corrected chi connectivity index (χ0v) is 25.6. The van der Waals surface area contributed by atoms with Crippen molar-refractivity contribution in [3.8, 4) is 17.6 Å². The first-order valence-electron chi connectivity index (χ1n) is 12.3. The maximum Gasteiger partial charge on any atom is 0.434 e. The van der Waals surface area contributed by atoms with Crippen molar-refractivity contribution in [3.63, 3.8) is 0 Å². The van der Waals surface area contributed by atoms with Crippen LogP contribution in [0.1, 0.15) is 38.3 Å². The minimum atomic E-state index is -1.90. The highest BCUT2D eigenvalue weighted by atomic mass is 32.2. The SMILES string of the molecule is COC(=O)N=C(SC)C(=Nc1ccc(C#N)cc1)c1cc(OC)cc(OCCCO[Si](C)(C)C(C)(C)C)c1F. The lowest BCUT2D eigenvalue weighted by Gasteiger charge is -2.36. The number of hydrogen-bond donors (Lipinski definition) is 0. The molecule has 0 unspecified atom stereocenters. The van der Waals surface area contributed by atoms with Gasteiger partial charge in [0.15, 0.2) is 19.9 Å². The number of carbonyl (C=O) groups is 1. The Hall–Kier alpha value is -3.20. The molecule has 0 spiro atoms. The Morgan fingerprint density at radius 3 is 2.33 bits per heavy atom. The number of ether oxygens (including phenoxy) is 3. The van der Waals surface area contributed by atoms with Crippen LogP contribution in [0.5, 0.6) is 11.5 Å². The van der Waals surface area contributed by atoms with Gasteiger partial charge in [0, 0.05) is 24.7 Å². The van der Waals surface area contributed by atoms with Gasteiger partial charge in [-0.1, -0.05) is 20.8 Å². The van der Waals surface area contributed by atoms with Gasteiger partial charge in [-0.15, -0.1) is 11.8 Å². The summed E-state index contributed by atoms with van der Waals surface area (Å²) in [4.78, 5) is 20.5. The first kappa shape index (κ1) is 32.0. The van der Waals surface area contributed by atoms with Crippen molar-refractivity contribution in [1.82, 2.24) is 0 Å². The number of halogens is 1. The lowest BCUT2D eigenvalue weighted by molar-refractivity contribution is 0.183. The number of nitrogens with zero attached hydrogens (tertiary/aromatic N) is 3. The second-order valence-electron chi connectivity index (χ2n) is 10.0. The molecule has 0 saturated carbocycles. The molecule has 8 nitrogen and oxygen atoms in total. The van der Waals surface area contributed by atoms with Crippen LogP contribution < -0.4 is 9.47 Å². The van der Waals surface area contributed by atoms with E-state index in [9.17, 15) is 4.79 Å². The van der Waals surface area contributed by atoms with Crippen LogP contribution in [0.4, 0.5) is 14.9 Å². The number of nitriles is 1. The molecule has 210 valence electrons. The summed E-state index contributed by atoms with van der Waals surface area (Å²) in [5.41, 5.74) is 0.996. The van der Waals surface area contributed by atoms with E-state index in [2.05, 4.69) is 48.6 Å². The molecule has 11 heteroatoms. The van der Waals surface area contributed by atoms with Gasteiger partial charge in [-0.3, -0.25) is 0 Å². The molecular formula is C28H36FN3O5SSi. The lowest BCUT2D eigenvalue weighted by atomic mass is 10.1. The highest BCUT2D eigenvalue weighted by molar-refractivity contribution is 8.15. The molecule has 0 bridgehead atoms. The maximum atomic E-state index is 15.9. The Labute approximate surface area is 235 Å². The Bertz CT molecular complexity index is 1250. The summed E-state index contributed by atoms with van der Waals surface area (Å²) in [6, 6.07) is 11.4. The molecule has 1 amide bonds. The number of amides is 1. The van der Waals surface area contributed by atoms with Crippen LogP contribution in [-0.4, -0.2) is 58.9 Å². The van der Waals surface area contributed by atoms with Crippen LogP contribution in [0.15, 0.2) is 46.4 Å². The van der Waals surface area contributed by atoms with E-state index >= 15 is 4.39 Å². The van der Waals surface area contributed by atoms with E-state index in [4.69, 9.17) is 19.2 Å². The lowest BCUT2D eigenvalue weighted by Crippen LogP contribution is -2.41. The van der Waals surface area contributed by atoms with Gasteiger partial charge in [-0.25, -0.2) is 14.2 Å². The zero-order valence-electron chi connectivity index (χ0n) is 23.8. The third-order valence-corrected chi connectivity index (χ3v) is 11.5. The van der Waals surface area contributed by atoms with Crippen molar-refractivity contribution in [1.29, 1.82) is 5.26 Å². The molecular weight excluding hydrogens is 537 g/mol.